The first-order valence-corrected chi connectivity index (χ1v) is 17.0. The van der Waals surface area contributed by atoms with Crippen LogP contribution in [0, 0.1) is 5.92 Å². The number of carboxylic acids is 1. The molecular formula is C39H47N5O5. The molecule has 0 saturated heterocycles. The highest BCUT2D eigenvalue weighted by Crippen LogP contribution is 2.25. The van der Waals surface area contributed by atoms with Gasteiger partial charge < -0.3 is 15.2 Å². The molecule has 2 aromatic carbocycles. The minimum atomic E-state index is -1.16. The number of carbonyl (C=O) groups excluding carboxylic acids is 2. The van der Waals surface area contributed by atoms with E-state index in [4.69, 9.17) is 4.74 Å². The number of hydrogen-bond donors (Lipinski definition) is 2. The first-order chi connectivity index (χ1) is 23.4. The summed E-state index contributed by atoms with van der Waals surface area (Å²) in [6.07, 6.45) is 12.6. The van der Waals surface area contributed by atoms with Crippen LogP contribution < -0.4 is 10.1 Å². The van der Waals surface area contributed by atoms with Gasteiger partial charge in [-0.15, -0.1) is 0 Å². The number of nitrogens with one attached hydrogen (secondary N) is 1. The Kier molecular flexibility index (Phi) is 13.1. The number of unbranched alkanes of at least 4 members (excludes halogenated alkanes) is 4. The number of hydrogen-bond acceptors (Lipinski definition) is 8. The van der Waals surface area contributed by atoms with Crippen LogP contribution in [0.4, 0.5) is 0 Å². The van der Waals surface area contributed by atoms with Crippen LogP contribution in [0.15, 0.2) is 73.3 Å². The lowest BCUT2D eigenvalue weighted by molar-refractivity contribution is -0.141. The molecule has 0 radical (unpaired) electrons. The molecule has 0 saturated carbocycles. The molecule has 4 rings (SSSR count). The molecule has 2 N–H and O–H groups in total. The topological polar surface area (TPSA) is 144 Å². The van der Waals surface area contributed by atoms with E-state index in [0.717, 1.165) is 41.0 Å². The first-order valence-electron chi connectivity index (χ1n) is 17.0. The molecule has 1 amide bonds. The molecule has 0 fully saturated rings. The zero-order valence-electron chi connectivity index (χ0n) is 29.1. The van der Waals surface area contributed by atoms with Gasteiger partial charge >= 0.3 is 5.97 Å². The highest BCUT2D eigenvalue weighted by Gasteiger charge is 2.27. The van der Waals surface area contributed by atoms with Crippen molar-refractivity contribution < 1.29 is 24.2 Å². The highest BCUT2D eigenvalue weighted by atomic mass is 16.5. The smallest absolute Gasteiger partial charge is 0.325 e. The van der Waals surface area contributed by atoms with Crippen molar-refractivity contribution in [3.63, 3.8) is 0 Å². The summed E-state index contributed by atoms with van der Waals surface area (Å²) in [5, 5.41) is 11.8. The van der Waals surface area contributed by atoms with E-state index in [9.17, 15) is 19.5 Å². The number of nitrogens with zero attached hydrogens (tertiary/aromatic N) is 4. The maximum absolute atomic E-state index is 13.2. The Morgan fingerprint density at radius 2 is 1.41 bits per heavy atom. The van der Waals surface area contributed by atoms with Gasteiger partial charge in [-0.05, 0) is 43.0 Å². The Morgan fingerprint density at radius 1 is 0.796 bits per heavy atom. The minimum Gasteiger partial charge on any atom is -0.494 e. The third-order valence-electron chi connectivity index (χ3n) is 8.23. The van der Waals surface area contributed by atoms with Crippen LogP contribution in [0.25, 0.3) is 22.5 Å². The summed E-state index contributed by atoms with van der Waals surface area (Å²) in [6, 6.07) is 14.3. The van der Waals surface area contributed by atoms with Crippen molar-refractivity contribution >= 4 is 17.7 Å². The summed E-state index contributed by atoms with van der Waals surface area (Å²) in [4.78, 5) is 55.6. The number of rotatable bonds is 17. The molecular weight excluding hydrogens is 618 g/mol. The Morgan fingerprint density at radius 3 is 2.00 bits per heavy atom. The fraction of sp³-hybridized carbons (Fsp3) is 0.410. The second-order valence-electron chi connectivity index (χ2n) is 13.4. The van der Waals surface area contributed by atoms with Crippen LogP contribution in [-0.2, 0) is 21.4 Å². The third kappa shape index (κ3) is 11.0. The monoisotopic (exact) mass is 665 g/mol. The van der Waals surface area contributed by atoms with Gasteiger partial charge in [-0.25, -0.2) is 19.9 Å². The van der Waals surface area contributed by atoms with E-state index < -0.39 is 23.8 Å². The number of Topliss-reactive ketones (excluding diaryl/α,β-unsaturated/α-hetero) is 1. The van der Waals surface area contributed by atoms with Gasteiger partial charge in [0, 0.05) is 53.7 Å². The summed E-state index contributed by atoms with van der Waals surface area (Å²) >= 11 is 0. The third-order valence-corrected chi connectivity index (χ3v) is 8.23. The number of ether oxygens (including phenoxy) is 1. The minimum absolute atomic E-state index is 0.130. The lowest BCUT2D eigenvalue weighted by atomic mass is 9.91. The van der Waals surface area contributed by atoms with Crippen LogP contribution in [0.2, 0.25) is 0 Å². The Balaban J connectivity index is 1.40. The Hall–Kier alpha value is -4.99. The molecule has 258 valence electrons. The number of ketones is 1. The maximum Gasteiger partial charge on any atom is 0.325 e. The van der Waals surface area contributed by atoms with Gasteiger partial charge in [-0.3, -0.25) is 14.4 Å². The van der Waals surface area contributed by atoms with Crippen LogP contribution in [0.1, 0.15) is 94.9 Å². The number of aliphatic carboxylic acids is 1. The molecule has 2 atom stereocenters. The van der Waals surface area contributed by atoms with Crippen LogP contribution >= 0.6 is 0 Å². The predicted octanol–water partition coefficient (Wildman–Crippen LogP) is 7.27. The molecule has 2 aromatic heterocycles. The first kappa shape index (κ1) is 36.8. The number of carbonyl (C=O) groups is 3. The lowest BCUT2D eigenvalue weighted by Gasteiger charge is -2.19. The Labute approximate surface area is 288 Å². The summed E-state index contributed by atoms with van der Waals surface area (Å²) < 4.78 is 5.88. The molecule has 10 nitrogen and oxygen atoms in total. The van der Waals surface area contributed by atoms with Gasteiger partial charge in [0.05, 0.1) is 12.2 Å². The SMILES string of the molecule is CCCCCCCOc1ccc(-c2cnc(-c3ccc(C[C@H](CC(=O)c4cnc(C(C)(C)C)nc4)C(=O)N[C@H](C)C(=O)O)cc3)nc2)cc1. The normalized spacial score (nSPS) is 12.6. The van der Waals surface area contributed by atoms with Gasteiger partial charge in [0.15, 0.2) is 11.6 Å². The van der Waals surface area contributed by atoms with Crippen molar-refractivity contribution in [3.05, 3.63) is 90.3 Å². The summed E-state index contributed by atoms with van der Waals surface area (Å²) in [5.41, 5.74) is 3.50. The second-order valence-corrected chi connectivity index (χ2v) is 13.4. The Bertz CT molecular complexity index is 1670. The molecule has 4 aromatic rings. The van der Waals surface area contributed by atoms with Crippen molar-refractivity contribution in [2.45, 2.75) is 91.0 Å². The lowest BCUT2D eigenvalue weighted by Crippen LogP contribution is -2.42. The predicted molar refractivity (Wildman–Crippen MR) is 189 cm³/mol. The molecule has 0 spiro atoms. The van der Waals surface area contributed by atoms with Crippen molar-refractivity contribution in [2.75, 3.05) is 6.61 Å². The number of benzene rings is 2. The average Bonchev–Trinajstić information content (AvgIpc) is 3.09. The molecule has 0 aliphatic heterocycles. The molecule has 49 heavy (non-hydrogen) atoms. The molecule has 0 unspecified atom stereocenters. The van der Waals surface area contributed by atoms with Crippen molar-refractivity contribution in [2.24, 2.45) is 5.92 Å². The van der Waals surface area contributed by atoms with E-state index in [1.165, 1.54) is 45.0 Å². The van der Waals surface area contributed by atoms with E-state index in [2.05, 4.69) is 32.2 Å². The van der Waals surface area contributed by atoms with Crippen LogP contribution in [0.5, 0.6) is 5.75 Å². The van der Waals surface area contributed by atoms with Gasteiger partial charge in [-0.1, -0.05) is 89.8 Å². The zero-order chi connectivity index (χ0) is 35.4. The van der Waals surface area contributed by atoms with E-state index in [-0.39, 0.29) is 24.0 Å². The summed E-state index contributed by atoms with van der Waals surface area (Å²) in [6.45, 7) is 10.3. The zero-order valence-corrected chi connectivity index (χ0v) is 29.1. The molecule has 2 heterocycles. The van der Waals surface area contributed by atoms with Crippen LogP contribution in [-0.4, -0.2) is 55.4 Å². The van der Waals surface area contributed by atoms with Crippen LogP contribution in [0.3, 0.4) is 0 Å². The van der Waals surface area contributed by atoms with Gasteiger partial charge in [0.1, 0.15) is 17.6 Å². The van der Waals surface area contributed by atoms with Crippen molar-refractivity contribution in [3.8, 4) is 28.3 Å². The van der Waals surface area contributed by atoms with E-state index in [1.807, 2.05) is 69.3 Å². The summed E-state index contributed by atoms with van der Waals surface area (Å²) in [5.74, 6) is -0.766. The molecule has 10 heteroatoms. The highest BCUT2D eigenvalue weighted by molar-refractivity contribution is 5.98. The molecule has 0 aliphatic carbocycles. The van der Waals surface area contributed by atoms with Gasteiger partial charge in [0.25, 0.3) is 0 Å². The average molecular weight is 666 g/mol. The fourth-order valence-electron chi connectivity index (χ4n) is 5.19. The van der Waals surface area contributed by atoms with Crippen molar-refractivity contribution in [1.82, 2.24) is 25.3 Å². The fourth-order valence-corrected chi connectivity index (χ4v) is 5.19. The number of carboxylic acid groups (broad SMARTS) is 1. The second kappa shape index (κ2) is 17.4. The summed E-state index contributed by atoms with van der Waals surface area (Å²) in [7, 11) is 0. The molecule has 0 bridgehead atoms. The maximum atomic E-state index is 13.2. The largest absolute Gasteiger partial charge is 0.494 e. The van der Waals surface area contributed by atoms with E-state index in [1.54, 1.807) is 12.4 Å². The van der Waals surface area contributed by atoms with Gasteiger partial charge in [0.2, 0.25) is 5.91 Å². The molecule has 0 aliphatic rings. The standard InChI is InChI=1S/C39H47N5O5/c1-6-7-8-9-10-19-49-33-17-15-28(16-18-33)31-22-40-35(41-23-31)29-13-11-27(12-14-29)20-30(36(46)44-26(2)37(47)48)21-34(45)32-24-42-38(43-25-32)39(3,4)5/h11-18,22-26,30H,6-10,19-21H2,1-5H3,(H,44,46)(H,47,48)/t26-,30-/m1/s1. The number of amides is 1. The van der Waals surface area contributed by atoms with E-state index >= 15 is 0 Å². The van der Waals surface area contributed by atoms with E-state index in [0.29, 0.717) is 17.2 Å². The quantitative estimate of drug-likeness (QED) is 0.0879. The van der Waals surface area contributed by atoms with Crippen molar-refractivity contribution in [1.29, 1.82) is 0 Å². The number of aromatic nitrogens is 4. The van der Waals surface area contributed by atoms with Gasteiger partial charge in [-0.2, -0.15) is 0 Å².